The molecule has 0 atom stereocenters. The van der Waals surface area contributed by atoms with Crippen molar-refractivity contribution in [3.63, 3.8) is 0 Å². The first-order valence-corrected chi connectivity index (χ1v) is 6.84. The molecular formula is C13H21FN4O. The van der Waals surface area contributed by atoms with Crippen LogP contribution < -0.4 is 10.6 Å². The van der Waals surface area contributed by atoms with Crippen molar-refractivity contribution in [2.45, 2.75) is 44.6 Å². The third-order valence-corrected chi connectivity index (χ3v) is 3.58. The highest BCUT2D eigenvalue weighted by Crippen LogP contribution is 2.31. The van der Waals surface area contributed by atoms with Crippen molar-refractivity contribution in [2.24, 2.45) is 0 Å². The van der Waals surface area contributed by atoms with Gasteiger partial charge in [0, 0.05) is 6.54 Å². The van der Waals surface area contributed by atoms with E-state index in [4.69, 9.17) is 0 Å². The number of hydrogen-bond donors (Lipinski definition) is 3. The van der Waals surface area contributed by atoms with Crippen LogP contribution in [0.1, 0.15) is 39.0 Å². The lowest BCUT2D eigenvalue weighted by Gasteiger charge is -2.37. The van der Waals surface area contributed by atoms with Crippen LogP contribution in [-0.2, 0) is 0 Å². The van der Waals surface area contributed by atoms with E-state index in [2.05, 4.69) is 20.6 Å². The van der Waals surface area contributed by atoms with E-state index < -0.39 is 11.4 Å². The molecule has 1 aliphatic rings. The van der Waals surface area contributed by atoms with E-state index in [-0.39, 0.29) is 12.4 Å². The molecule has 0 unspecified atom stereocenters. The van der Waals surface area contributed by atoms with Crippen LogP contribution in [0.4, 0.5) is 16.2 Å². The maximum Gasteiger partial charge on any atom is 0.224 e. The summed E-state index contributed by atoms with van der Waals surface area (Å²) in [6.07, 6.45) is 6.08. The monoisotopic (exact) mass is 268 g/mol. The maximum absolute atomic E-state index is 13.8. The molecule has 19 heavy (non-hydrogen) atoms. The second-order valence-electron chi connectivity index (χ2n) is 5.04. The molecule has 0 aromatic carbocycles. The first-order chi connectivity index (χ1) is 9.19. The van der Waals surface area contributed by atoms with Crippen LogP contribution in [0, 0.1) is 5.82 Å². The maximum atomic E-state index is 13.8. The number of rotatable bonds is 5. The van der Waals surface area contributed by atoms with Gasteiger partial charge in [0.2, 0.25) is 5.95 Å². The fourth-order valence-corrected chi connectivity index (χ4v) is 2.50. The lowest BCUT2D eigenvalue weighted by Crippen LogP contribution is -2.44. The third-order valence-electron chi connectivity index (χ3n) is 3.58. The van der Waals surface area contributed by atoms with Gasteiger partial charge in [-0.2, -0.15) is 4.98 Å². The van der Waals surface area contributed by atoms with Gasteiger partial charge in [0.25, 0.3) is 0 Å². The smallest absolute Gasteiger partial charge is 0.224 e. The zero-order chi connectivity index (χ0) is 13.7. The average molecular weight is 268 g/mol. The minimum Gasteiger partial charge on any atom is -0.394 e. The molecule has 1 aromatic rings. The standard InChI is InChI=1S/C13H21FN4O/c1-2-15-12-16-8-10(14)11(17-12)18-13(9-19)6-4-3-5-7-13/h8,19H,2-7,9H2,1H3,(H2,15,16,17,18). The van der Waals surface area contributed by atoms with Gasteiger partial charge in [-0.1, -0.05) is 19.3 Å². The molecule has 1 aromatic heterocycles. The molecule has 3 N–H and O–H groups in total. The summed E-state index contributed by atoms with van der Waals surface area (Å²) in [7, 11) is 0. The van der Waals surface area contributed by atoms with Crippen molar-refractivity contribution in [2.75, 3.05) is 23.8 Å². The van der Waals surface area contributed by atoms with Crippen molar-refractivity contribution in [3.05, 3.63) is 12.0 Å². The molecule has 0 aliphatic heterocycles. The highest BCUT2D eigenvalue weighted by molar-refractivity contribution is 5.43. The first kappa shape index (κ1) is 14.0. The van der Waals surface area contributed by atoms with Crippen LogP contribution in [0.3, 0.4) is 0 Å². The average Bonchev–Trinajstić information content (AvgIpc) is 2.44. The van der Waals surface area contributed by atoms with Crippen molar-refractivity contribution in [1.82, 2.24) is 9.97 Å². The van der Waals surface area contributed by atoms with E-state index in [1.54, 1.807) is 0 Å². The first-order valence-electron chi connectivity index (χ1n) is 6.84. The Morgan fingerprint density at radius 1 is 1.37 bits per heavy atom. The summed E-state index contributed by atoms with van der Waals surface area (Å²) in [6.45, 7) is 2.60. The molecule has 6 heteroatoms. The number of halogens is 1. The van der Waals surface area contributed by atoms with Crippen LogP contribution in [0.25, 0.3) is 0 Å². The van der Waals surface area contributed by atoms with E-state index in [0.29, 0.717) is 12.5 Å². The number of hydrogen-bond acceptors (Lipinski definition) is 5. The van der Waals surface area contributed by atoms with Gasteiger partial charge in [-0.3, -0.25) is 0 Å². The Kier molecular flexibility index (Phi) is 4.52. The fourth-order valence-electron chi connectivity index (χ4n) is 2.50. The molecule has 0 amide bonds. The molecule has 106 valence electrons. The van der Waals surface area contributed by atoms with Crippen molar-refractivity contribution in [3.8, 4) is 0 Å². The SMILES string of the molecule is CCNc1ncc(F)c(NC2(CO)CCCCC2)n1. The van der Waals surface area contributed by atoms with E-state index in [0.717, 1.165) is 31.9 Å². The molecule has 1 fully saturated rings. The molecule has 0 radical (unpaired) electrons. The molecule has 1 aliphatic carbocycles. The molecule has 1 heterocycles. The molecule has 2 rings (SSSR count). The zero-order valence-electron chi connectivity index (χ0n) is 11.2. The number of nitrogens with one attached hydrogen (secondary N) is 2. The van der Waals surface area contributed by atoms with Gasteiger partial charge in [0.15, 0.2) is 11.6 Å². The van der Waals surface area contributed by atoms with Crippen LogP contribution in [0.2, 0.25) is 0 Å². The number of anilines is 2. The predicted octanol–water partition coefficient (Wildman–Crippen LogP) is 2.15. The molecular weight excluding hydrogens is 247 g/mol. The highest BCUT2D eigenvalue weighted by Gasteiger charge is 2.32. The summed E-state index contributed by atoms with van der Waals surface area (Å²) in [6, 6.07) is 0. The normalized spacial score (nSPS) is 18.1. The van der Waals surface area contributed by atoms with E-state index in [9.17, 15) is 9.50 Å². The largest absolute Gasteiger partial charge is 0.394 e. The van der Waals surface area contributed by atoms with E-state index >= 15 is 0 Å². The Hall–Kier alpha value is -1.43. The Labute approximate surface area is 112 Å². The van der Waals surface area contributed by atoms with Gasteiger partial charge in [0.1, 0.15) is 0 Å². The lowest BCUT2D eigenvalue weighted by molar-refractivity contribution is 0.172. The minimum atomic E-state index is -0.486. The fraction of sp³-hybridized carbons (Fsp3) is 0.692. The van der Waals surface area contributed by atoms with Crippen molar-refractivity contribution in [1.29, 1.82) is 0 Å². The quantitative estimate of drug-likeness (QED) is 0.763. The summed E-state index contributed by atoms with van der Waals surface area (Å²) in [5.74, 6) is 0.0808. The number of nitrogens with zero attached hydrogens (tertiary/aromatic N) is 2. The van der Waals surface area contributed by atoms with Gasteiger partial charge >= 0.3 is 0 Å². The summed E-state index contributed by atoms with van der Waals surface area (Å²) >= 11 is 0. The van der Waals surface area contributed by atoms with Crippen LogP contribution in [0.5, 0.6) is 0 Å². The topological polar surface area (TPSA) is 70.1 Å². The number of aliphatic hydroxyl groups excluding tert-OH is 1. The Morgan fingerprint density at radius 3 is 2.74 bits per heavy atom. The van der Waals surface area contributed by atoms with Gasteiger partial charge < -0.3 is 15.7 Å². The predicted molar refractivity (Wildman–Crippen MR) is 72.7 cm³/mol. The number of aliphatic hydroxyl groups is 1. The van der Waals surface area contributed by atoms with E-state index in [1.165, 1.54) is 6.42 Å². The van der Waals surface area contributed by atoms with Gasteiger partial charge in [-0.05, 0) is 19.8 Å². The van der Waals surface area contributed by atoms with Gasteiger partial charge in [-0.15, -0.1) is 0 Å². The van der Waals surface area contributed by atoms with Crippen molar-refractivity contribution >= 4 is 11.8 Å². The number of aromatic nitrogens is 2. The third kappa shape index (κ3) is 3.32. The summed E-state index contributed by atoms with van der Waals surface area (Å²) in [4.78, 5) is 8.00. The molecule has 0 saturated heterocycles. The minimum absolute atomic E-state index is 0.00696. The summed E-state index contributed by atoms with van der Waals surface area (Å²) in [5, 5.41) is 15.7. The zero-order valence-corrected chi connectivity index (χ0v) is 11.2. The van der Waals surface area contributed by atoms with Crippen molar-refractivity contribution < 1.29 is 9.50 Å². The molecule has 0 spiro atoms. The molecule has 5 nitrogen and oxygen atoms in total. The lowest BCUT2D eigenvalue weighted by atomic mass is 9.82. The summed E-state index contributed by atoms with van der Waals surface area (Å²) in [5.41, 5.74) is -0.447. The Bertz CT molecular complexity index is 421. The Balaban J connectivity index is 2.18. The summed E-state index contributed by atoms with van der Waals surface area (Å²) < 4.78 is 13.8. The molecule has 0 bridgehead atoms. The van der Waals surface area contributed by atoms with Crippen LogP contribution in [0.15, 0.2) is 6.20 Å². The van der Waals surface area contributed by atoms with E-state index in [1.807, 2.05) is 6.92 Å². The second-order valence-corrected chi connectivity index (χ2v) is 5.04. The molecule has 1 saturated carbocycles. The van der Waals surface area contributed by atoms with Crippen LogP contribution >= 0.6 is 0 Å². The van der Waals surface area contributed by atoms with Crippen LogP contribution in [-0.4, -0.2) is 33.8 Å². The van der Waals surface area contributed by atoms with Gasteiger partial charge in [0.05, 0.1) is 18.3 Å². The second kappa shape index (κ2) is 6.14. The van der Waals surface area contributed by atoms with Gasteiger partial charge in [-0.25, -0.2) is 9.37 Å². The Morgan fingerprint density at radius 2 is 2.11 bits per heavy atom. The highest BCUT2D eigenvalue weighted by atomic mass is 19.1.